The van der Waals surface area contributed by atoms with Gasteiger partial charge in [0.2, 0.25) is 11.9 Å². The third-order valence-corrected chi connectivity index (χ3v) is 2.30. The quantitative estimate of drug-likeness (QED) is 0.630. The molecule has 1 aromatic heterocycles. The van der Waals surface area contributed by atoms with Gasteiger partial charge < -0.3 is 4.98 Å². The Morgan fingerprint density at radius 3 is 2.89 bits per heavy atom. The highest BCUT2D eigenvalue weighted by molar-refractivity contribution is 5.91. The van der Waals surface area contributed by atoms with Gasteiger partial charge in [-0.15, -0.1) is 0 Å². The van der Waals surface area contributed by atoms with Crippen LogP contribution in [-0.4, -0.2) is 20.8 Å². The summed E-state index contributed by atoms with van der Waals surface area (Å²) in [6, 6.07) is 6.14. The molecule has 0 atom stereocenters. The summed E-state index contributed by atoms with van der Waals surface area (Å²) in [4.78, 5) is 28.5. The zero-order valence-corrected chi connectivity index (χ0v) is 9.29. The molecule has 7 heteroatoms. The van der Waals surface area contributed by atoms with E-state index in [2.05, 4.69) is 15.3 Å². The molecular weight excluding hydrogens is 236 g/mol. The van der Waals surface area contributed by atoms with Crippen molar-refractivity contribution in [1.29, 1.82) is 0 Å². The van der Waals surface area contributed by atoms with Crippen LogP contribution in [0.5, 0.6) is 0 Å². The van der Waals surface area contributed by atoms with Gasteiger partial charge in [-0.25, -0.2) is 4.98 Å². The summed E-state index contributed by atoms with van der Waals surface area (Å²) >= 11 is 0. The number of hydrogen-bond donors (Lipinski definition) is 2. The predicted octanol–water partition coefficient (Wildman–Crippen LogP) is 1.50. The van der Waals surface area contributed by atoms with Crippen molar-refractivity contribution < 1.29 is 9.72 Å². The lowest BCUT2D eigenvalue weighted by molar-refractivity contribution is -0.385. The Labute approximate surface area is 102 Å². The summed E-state index contributed by atoms with van der Waals surface area (Å²) in [7, 11) is 0. The molecule has 92 valence electrons. The fourth-order valence-corrected chi connectivity index (χ4v) is 1.52. The van der Waals surface area contributed by atoms with E-state index in [1.807, 2.05) is 0 Å². The van der Waals surface area contributed by atoms with Crippen molar-refractivity contribution in [3.8, 4) is 0 Å². The number of para-hydroxylation sites is 1. The lowest BCUT2D eigenvalue weighted by Gasteiger charge is -2.03. The van der Waals surface area contributed by atoms with Gasteiger partial charge >= 0.3 is 0 Å². The van der Waals surface area contributed by atoms with Crippen LogP contribution in [0.1, 0.15) is 5.56 Å². The van der Waals surface area contributed by atoms with Gasteiger partial charge in [0.05, 0.1) is 11.3 Å². The minimum Gasteiger partial charge on any atom is -0.331 e. The van der Waals surface area contributed by atoms with E-state index in [9.17, 15) is 14.9 Å². The third kappa shape index (κ3) is 2.70. The van der Waals surface area contributed by atoms with Crippen LogP contribution in [0.4, 0.5) is 11.6 Å². The summed E-state index contributed by atoms with van der Waals surface area (Å²) in [6.45, 7) is 0. The molecule has 0 radical (unpaired) electrons. The molecule has 1 heterocycles. The Bertz CT molecular complexity index is 565. The molecule has 0 aliphatic rings. The van der Waals surface area contributed by atoms with Crippen LogP contribution >= 0.6 is 0 Å². The maximum Gasteiger partial charge on any atom is 0.273 e. The number of hydrogen-bond acceptors (Lipinski definition) is 4. The fourth-order valence-electron chi connectivity index (χ4n) is 1.52. The Balaban J connectivity index is 2.09. The van der Waals surface area contributed by atoms with Gasteiger partial charge in [0.15, 0.2) is 0 Å². The monoisotopic (exact) mass is 246 g/mol. The van der Waals surface area contributed by atoms with Crippen LogP contribution in [0.2, 0.25) is 0 Å². The summed E-state index contributed by atoms with van der Waals surface area (Å²) in [5, 5.41) is 13.3. The number of nitrogens with zero attached hydrogens (tertiary/aromatic N) is 2. The van der Waals surface area contributed by atoms with E-state index in [0.717, 1.165) is 0 Å². The average Bonchev–Trinajstić information content (AvgIpc) is 2.82. The Morgan fingerprint density at radius 2 is 2.22 bits per heavy atom. The Morgan fingerprint density at radius 1 is 1.44 bits per heavy atom. The first-order valence-corrected chi connectivity index (χ1v) is 5.18. The van der Waals surface area contributed by atoms with E-state index in [4.69, 9.17) is 0 Å². The zero-order valence-electron chi connectivity index (χ0n) is 9.29. The van der Waals surface area contributed by atoms with Crippen molar-refractivity contribution in [2.24, 2.45) is 0 Å². The van der Waals surface area contributed by atoms with E-state index in [1.54, 1.807) is 24.4 Å². The van der Waals surface area contributed by atoms with Crippen LogP contribution in [0.15, 0.2) is 36.7 Å². The maximum absolute atomic E-state index is 11.7. The smallest absolute Gasteiger partial charge is 0.273 e. The van der Waals surface area contributed by atoms with Gasteiger partial charge in [-0.3, -0.25) is 20.2 Å². The van der Waals surface area contributed by atoms with Gasteiger partial charge in [-0.1, -0.05) is 18.2 Å². The van der Waals surface area contributed by atoms with Gasteiger partial charge in [0.1, 0.15) is 0 Å². The minimum atomic E-state index is -0.504. The number of imidazole rings is 1. The molecule has 18 heavy (non-hydrogen) atoms. The van der Waals surface area contributed by atoms with Crippen molar-refractivity contribution in [2.45, 2.75) is 6.42 Å². The summed E-state index contributed by atoms with van der Waals surface area (Å²) in [5.41, 5.74) is 0.304. The number of amides is 1. The second-order valence-electron chi connectivity index (χ2n) is 3.55. The minimum absolute atomic E-state index is 0.0629. The number of nitrogens with one attached hydrogen (secondary N) is 2. The molecular formula is C11H10N4O3. The first kappa shape index (κ1) is 11.8. The van der Waals surface area contributed by atoms with Crippen LogP contribution in [0.25, 0.3) is 0 Å². The first-order valence-electron chi connectivity index (χ1n) is 5.18. The van der Waals surface area contributed by atoms with Crippen molar-refractivity contribution in [1.82, 2.24) is 9.97 Å². The predicted molar refractivity (Wildman–Crippen MR) is 64.0 cm³/mol. The van der Waals surface area contributed by atoms with E-state index < -0.39 is 4.92 Å². The number of carbonyl (C=O) groups is 1. The van der Waals surface area contributed by atoms with E-state index in [-0.39, 0.29) is 18.0 Å². The number of H-pyrrole nitrogens is 1. The van der Waals surface area contributed by atoms with Crippen LogP contribution < -0.4 is 5.32 Å². The first-order chi connectivity index (χ1) is 8.66. The van der Waals surface area contributed by atoms with Gasteiger partial charge in [-0.05, 0) is 0 Å². The van der Waals surface area contributed by atoms with Crippen LogP contribution in [0, 0.1) is 10.1 Å². The van der Waals surface area contributed by atoms with Crippen molar-refractivity contribution >= 4 is 17.5 Å². The van der Waals surface area contributed by atoms with Crippen LogP contribution in [0.3, 0.4) is 0 Å². The lowest BCUT2D eigenvalue weighted by Crippen LogP contribution is -2.16. The van der Waals surface area contributed by atoms with Gasteiger partial charge in [0, 0.05) is 24.0 Å². The van der Waals surface area contributed by atoms with Crippen molar-refractivity contribution in [3.05, 3.63) is 52.3 Å². The summed E-state index contributed by atoms with van der Waals surface area (Å²) in [5.74, 6) is -0.0437. The molecule has 1 amide bonds. The molecule has 2 N–H and O–H groups in total. The standard InChI is InChI=1S/C11H10N4O3/c16-10(14-11-12-5-6-13-11)7-8-3-1-2-4-9(8)15(17)18/h1-6H,7H2,(H2,12,13,14,16). The van der Waals surface area contributed by atoms with E-state index >= 15 is 0 Å². The highest BCUT2D eigenvalue weighted by atomic mass is 16.6. The second-order valence-corrected chi connectivity index (χ2v) is 3.55. The zero-order chi connectivity index (χ0) is 13.0. The molecule has 0 unspecified atom stereocenters. The third-order valence-electron chi connectivity index (χ3n) is 2.30. The lowest BCUT2D eigenvalue weighted by atomic mass is 10.1. The van der Waals surface area contributed by atoms with E-state index in [0.29, 0.717) is 11.5 Å². The number of aromatic amines is 1. The summed E-state index contributed by atoms with van der Waals surface area (Å²) in [6.07, 6.45) is 3.00. The maximum atomic E-state index is 11.7. The molecule has 2 rings (SSSR count). The average molecular weight is 246 g/mol. The molecule has 0 aliphatic carbocycles. The normalized spacial score (nSPS) is 10.0. The van der Waals surface area contributed by atoms with Crippen LogP contribution in [-0.2, 0) is 11.2 Å². The molecule has 0 fully saturated rings. The number of nitro benzene ring substituents is 1. The topological polar surface area (TPSA) is 101 Å². The molecule has 2 aromatic rings. The highest BCUT2D eigenvalue weighted by Gasteiger charge is 2.15. The fraction of sp³-hybridized carbons (Fsp3) is 0.0909. The molecule has 0 aliphatic heterocycles. The summed E-state index contributed by atoms with van der Waals surface area (Å²) < 4.78 is 0. The Kier molecular flexibility index (Phi) is 3.33. The van der Waals surface area contributed by atoms with E-state index in [1.165, 1.54) is 12.3 Å². The van der Waals surface area contributed by atoms with Crippen molar-refractivity contribution in [2.75, 3.05) is 5.32 Å². The number of aromatic nitrogens is 2. The molecule has 7 nitrogen and oxygen atoms in total. The number of rotatable bonds is 4. The molecule has 0 spiro atoms. The highest BCUT2D eigenvalue weighted by Crippen LogP contribution is 2.18. The van der Waals surface area contributed by atoms with Gasteiger partial charge in [0.25, 0.3) is 5.69 Å². The largest absolute Gasteiger partial charge is 0.331 e. The Hall–Kier alpha value is -2.70. The SMILES string of the molecule is O=C(Cc1ccccc1[N+](=O)[O-])Nc1ncc[nH]1. The van der Waals surface area contributed by atoms with Gasteiger partial charge in [-0.2, -0.15) is 0 Å². The molecule has 0 saturated carbocycles. The van der Waals surface area contributed by atoms with Crippen molar-refractivity contribution in [3.63, 3.8) is 0 Å². The number of benzene rings is 1. The number of anilines is 1. The molecule has 0 bridgehead atoms. The molecule has 1 aromatic carbocycles. The number of nitro groups is 1. The molecule has 0 saturated heterocycles. The second kappa shape index (κ2) is 5.09. The number of carbonyl (C=O) groups excluding carboxylic acids is 1.